The summed E-state index contributed by atoms with van der Waals surface area (Å²) in [5.41, 5.74) is 1.15. The summed E-state index contributed by atoms with van der Waals surface area (Å²) in [5, 5.41) is 6.12. The van der Waals surface area contributed by atoms with Gasteiger partial charge in [-0.2, -0.15) is 0 Å². The second-order valence-corrected chi connectivity index (χ2v) is 9.47. The molecule has 1 amide bonds. The van der Waals surface area contributed by atoms with Crippen molar-refractivity contribution >= 4 is 55.9 Å². The Bertz CT molecular complexity index is 1600. The lowest BCUT2D eigenvalue weighted by atomic mass is 10.1. The number of nitrogens with one attached hydrogen (secondary N) is 2. The Morgan fingerprint density at radius 2 is 2.14 bits per heavy atom. The van der Waals surface area contributed by atoms with Gasteiger partial charge < -0.3 is 15.5 Å². The number of halogens is 1. The monoisotopic (exact) mass is 504 g/mol. The number of nitrogens with zero attached hydrogens (tertiary/aromatic N) is 4. The van der Waals surface area contributed by atoms with Crippen LogP contribution in [-0.2, 0) is 0 Å². The van der Waals surface area contributed by atoms with Crippen LogP contribution in [0.2, 0.25) is 0 Å². The number of pyridine rings is 2. The van der Waals surface area contributed by atoms with Gasteiger partial charge in [-0.05, 0) is 43.5 Å². The fourth-order valence-electron chi connectivity index (χ4n) is 4.44. The third kappa shape index (κ3) is 4.18. The number of thiazole rings is 1. The second-order valence-electron chi connectivity index (χ2n) is 8.44. The number of fused-ring (bicyclic) bond motifs is 5. The quantitative estimate of drug-likeness (QED) is 0.310. The van der Waals surface area contributed by atoms with E-state index in [4.69, 9.17) is 0 Å². The normalized spacial score (nSPS) is 14.8. The number of benzene rings is 1. The van der Waals surface area contributed by atoms with E-state index in [0.717, 1.165) is 29.7 Å². The molecule has 0 aliphatic carbocycles. The zero-order valence-corrected chi connectivity index (χ0v) is 20.4. The highest BCUT2D eigenvalue weighted by Gasteiger charge is 2.25. The van der Waals surface area contributed by atoms with Crippen LogP contribution >= 0.6 is 11.3 Å². The predicted molar refractivity (Wildman–Crippen MR) is 144 cm³/mol. The summed E-state index contributed by atoms with van der Waals surface area (Å²) in [6.07, 6.45) is 3.89. The molecule has 184 valence electrons. The summed E-state index contributed by atoms with van der Waals surface area (Å²) in [6.45, 7) is 10.1. The first-order valence-corrected chi connectivity index (χ1v) is 12.4. The molecule has 1 aromatic carbocycles. The molecular weight excluding hydrogens is 479 g/mol. The van der Waals surface area contributed by atoms with Crippen molar-refractivity contribution < 1.29 is 9.18 Å². The number of amides is 1. The van der Waals surface area contributed by atoms with Crippen molar-refractivity contribution in [2.75, 3.05) is 37.6 Å². The summed E-state index contributed by atoms with van der Waals surface area (Å²) in [5.74, 6) is -0.934. The molecule has 0 atom stereocenters. The minimum atomic E-state index is -0.582. The molecule has 36 heavy (non-hydrogen) atoms. The minimum absolute atomic E-state index is 0.0494. The molecule has 1 fully saturated rings. The number of hydrogen-bond acceptors (Lipinski definition) is 7. The summed E-state index contributed by atoms with van der Waals surface area (Å²) in [7, 11) is 0. The summed E-state index contributed by atoms with van der Waals surface area (Å²) < 4.78 is 18.0. The van der Waals surface area contributed by atoms with Crippen molar-refractivity contribution in [1.29, 1.82) is 0 Å². The van der Waals surface area contributed by atoms with Crippen LogP contribution in [0.4, 0.5) is 10.2 Å². The Morgan fingerprint density at radius 1 is 1.31 bits per heavy atom. The van der Waals surface area contributed by atoms with Crippen LogP contribution in [0, 0.1) is 5.82 Å². The molecular formula is C26H25FN6O2S. The van der Waals surface area contributed by atoms with Gasteiger partial charge in [-0.25, -0.2) is 9.37 Å². The zero-order chi connectivity index (χ0) is 25.2. The smallest absolute Gasteiger partial charge is 0.258 e. The van der Waals surface area contributed by atoms with Gasteiger partial charge in [0.1, 0.15) is 10.4 Å². The molecule has 2 N–H and O–H groups in total. The highest BCUT2D eigenvalue weighted by Crippen LogP contribution is 2.32. The van der Waals surface area contributed by atoms with E-state index in [0.29, 0.717) is 29.1 Å². The van der Waals surface area contributed by atoms with Crippen molar-refractivity contribution in [1.82, 2.24) is 20.0 Å². The summed E-state index contributed by atoms with van der Waals surface area (Å²) in [6, 6.07) is 8.81. The van der Waals surface area contributed by atoms with E-state index in [2.05, 4.69) is 33.9 Å². The number of carbonyl (C=O) groups is 1. The molecule has 0 saturated carbocycles. The van der Waals surface area contributed by atoms with Gasteiger partial charge in [0.15, 0.2) is 17.3 Å². The number of rotatable bonds is 6. The fraction of sp³-hybridized carbons (Fsp3) is 0.231. The number of hydrogen-bond donors (Lipinski definition) is 2. The number of aliphatic imine (C=N–C) groups is 1. The lowest BCUT2D eigenvalue weighted by Crippen LogP contribution is -2.32. The van der Waals surface area contributed by atoms with Gasteiger partial charge in [-0.3, -0.25) is 19.0 Å². The van der Waals surface area contributed by atoms with Gasteiger partial charge in [-0.1, -0.05) is 24.8 Å². The maximum atomic E-state index is 15.4. The first kappa shape index (κ1) is 23.8. The molecule has 5 rings (SSSR count). The fourth-order valence-corrected chi connectivity index (χ4v) is 5.62. The number of para-hydroxylation sites is 1. The first-order chi connectivity index (χ1) is 17.5. The van der Waals surface area contributed by atoms with Crippen molar-refractivity contribution in [2.45, 2.75) is 6.42 Å². The molecule has 10 heteroatoms. The van der Waals surface area contributed by atoms with Crippen LogP contribution in [0.3, 0.4) is 0 Å². The zero-order valence-electron chi connectivity index (χ0n) is 19.6. The minimum Gasteiger partial charge on any atom is -0.353 e. The van der Waals surface area contributed by atoms with E-state index in [1.54, 1.807) is 10.5 Å². The summed E-state index contributed by atoms with van der Waals surface area (Å²) in [4.78, 5) is 37.7. The number of anilines is 1. The standard InChI is InChI=1S/C26H25FN6O2S/c1-3-16(14-28-2)15-30-25(35)21-22(34)17-13-18(27)24(32-11-6-9-29-10-12-32)31-23(17)33-19-7-4-5-8-20(19)36-26(21)33/h3-5,7-8,13-14,29H,1-2,6,9-12,15H2,(H,30,35)/b16-14+. The van der Waals surface area contributed by atoms with Crippen LogP contribution in [0.15, 0.2) is 64.5 Å². The van der Waals surface area contributed by atoms with Crippen LogP contribution in [-0.4, -0.2) is 54.7 Å². The molecule has 1 aliphatic rings. The van der Waals surface area contributed by atoms with Crippen LogP contribution < -0.4 is 21.0 Å². The highest BCUT2D eigenvalue weighted by atomic mass is 32.1. The second kappa shape index (κ2) is 10.00. The maximum absolute atomic E-state index is 15.4. The molecule has 0 bridgehead atoms. The maximum Gasteiger partial charge on any atom is 0.258 e. The number of carbonyl (C=O) groups excluding carboxylic acids is 1. The Balaban J connectivity index is 1.74. The lowest BCUT2D eigenvalue weighted by molar-refractivity contribution is 0.0958. The molecule has 3 aromatic heterocycles. The molecule has 4 heterocycles. The van der Waals surface area contributed by atoms with E-state index in [-0.39, 0.29) is 23.3 Å². The molecule has 8 nitrogen and oxygen atoms in total. The SMILES string of the molecule is C=C/C(=C\N=C)CNC(=O)c1c(=O)c2cc(F)c(N3CCCNCC3)nc2n2c1sc1ccccc12. The topological polar surface area (TPSA) is 91.1 Å². The number of aromatic nitrogens is 2. The van der Waals surface area contributed by atoms with Crippen molar-refractivity contribution in [3.05, 3.63) is 76.4 Å². The van der Waals surface area contributed by atoms with Crippen molar-refractivity contribution in [3.63, 3.8) is 0 Å². The van der Waals surface area contributed by atoms with E-state index < -0.39 is 17.2 Å². The average Bonchev–Trinajstić information content (AvgIpc) is 3.05. The van der Waals surface area contributed by atoms with Gasteiger partial charge in [-0.15, -0.1) is 11.3 Å². The van der Waals surface area contributed by atoms with Crippen molar-refractivity contribution in [3.8, 4) is 0 Å². The molecule has 1 saturated heterocycles. The predicted octanol–water partition coefficient (Wildman–Crippen LogP) is 3.50. The first-order valence-electron chi connectivity index (χ1n) is 11.6. The largest absolute Gasteiger partial charge is 0.353 e. The van der Waals surface area contributed by atoms with Gasteiger partial charge in [0.05, 0.1) is 15.6 Å². The molecule has 1 aliphatic heterocycles. The Morgan fingerprint density at radius 3 is 2.94 bits per heavy atom. The lowest BCUT2D eigenvalue weighted by Gasteiger charge is -2.22. The molecule has 0 spiro atoms. The molecule has 0 radical (unpaired) electrons. The molecule has 4 aromatic rings. The highest BCUT2D eigenvalue weighted by molar-refractivity contribution is 7.24. The van der Waals surface area contributed by atoms with Gasteiger partial charge in [0.2, 0.25) is 5.43 Å². The van der Waals surface area contributed by atoms with E-state index in [1.807, 2.05) is 29.2 Å². The van der Waals surface area contributed by atoms with E-state index in [1.165, 1.54) is 23.6 Å². The van der Waals surface area contributed by atoms with Gasteiger partial charge in [0, 0.05) is 32.4 Å². The van der Waals surface area contributed by atoms with Crippen LogP contribution in [0.5, 0.6) is 0 Å². The van der Waals surface area contributed by atoms with Gasteiger partial charge in [0.25, 0.3) is 5.91 Å². The Kier molecular flexibility index (Phi) is 6.62. The summed E-state index contributed by atoms with van der Waals surface area (Å²) >= 11 is 1.33. The molecule has 0 unspecified atom stereocenters. The van der Waals surface area contributed by atoms with E-state index >= 15 is 4.39 Å². The third-order valence-corrected chi connectivity index (χ3v) is 7.33. The average molecular weight is 505 g/mol. The van der Waals surface area contributed by atoms with E-state index in [9.17, 15) is 9.59 Å². The third-order valence-electron chi connectivity index (χ3n) is 6.19. The Hall–Kier alpha value is -3.89. The van der Waals surface area contributed by atoms with Crippen LogP contribution in [0.1, 0.15) is 16.8 Å². The Labute approximate surface area is 210 Å². The van der Waals surface area contributed by atoms with Gasteiger partial charge >= 0.3 is 0 Å². The van der Waals surface area contributed by atoms with Crippen molar-refractivity contribution in [2.24, 2.45) is 4.99 Å². The van der Waals surface area contributed by atoms with Crippen LogP contribution in [0.25, 0.3) is 26.1 Å².